The third-order valence-corrected chi connectivity index (χ3v) is 6.73. The minimum Gasteiger partial charge on any atom is -0.222 e. The van der Waals surface area contributed by atoms with Gasteiger partial charge in [-0.1, -0.05) is 0 Å². The van der Waals surface area contributed by atoms with E-state index in [0.29, 0.717) is 0 Å². The zero-order chi connectivity index (χ0) is 14.9. The molecule has 0 spiro atoms. The topological polar surface area (TPSA) is 81.8 Å². The molecule has 98 valence electrons. The molecule has 8 heteroatoms. The molecule has 0 saturated carbocycles. The maximum Gasteiger partial charge on any atom is 0.231 e. The van der Waals surface area contributed by atoms with Crippen LogP contribution >= 0.6 is 63.7 Å². The number of hydrogen-bond donors (Lipinski definition) is 2. The van der Waals surface area contributed by atoms with Gasteiger partial charge in [0.1, 0.15) is 0 Å². The van der Waals surface area contributed by atoms with Gasteiger partial charge in [-0.05, 0) is 88.7 Å². The molecule has 0 aliphatic heterocycles. The van der Waals surface area contributed by atoms with Crippen LogP contribution in [0.15, 0.2) is 17.9 Å². The first-order valence-corrected chi connectivity index (χ1v) is 7.34. The van der Waals surface area contributed by atoms with Gasteiger partial charge in [0.15, 0.2) is 0 Å². The number of isocyanates is 2. The molecule has 0 aliphatic rings. The first kappa shape index (κ1) is 20.2. The van der Waals surface area contributed by atoms with Crippen molar-refractivity contribution in [1.29, 1.82) is 10.8 Å². The van der Waals surface area contributed by atoms with Crippen molar-refractivity contribution in [3.8, 4) is 0 Å². The zero-order valence-electron chi connectivity index (χ0n) is 9.33. The molecule has 0 bridgehead atoms. The smallest absolute Gasteiger partial charge is 0.222 e. The van der Waals surface area contributed by atoms with Crippen molar-refractivity contribution in [3.05, 3.63) is 29.0 Å². The average Bonchev–Trinajstić information content (AvgIpc) is 2.34. The van der Waals surface area contributed by atoms with Gasteiger partial charge in [0.2, 0.25) is 12.2 Å². The van der Waals surface area contributed by atoms with E-state index in [2.05, 4.69) is 77.6 Å². The molecular formula is C10H8Br4N2O2. The van der Waals surface area contributed by atoms with Crippen LogP contribution in [0, 0.1) is 24.7 Å². The highest BCUT2D eigenvalue weighted by Crippen LogP contribution is 2.40. The van der Waals surface area contributed by atoms with Crippen molar-refractivity contribution in [2.24, 2.45) is 0 Å². The Morgan fingerprint density at radius 1 is 0.722 bits per heavy atom. The van der Waals surface area contributed by atoms with Crippen LogP contribution in [0.1, 0.15) is 11.1 Å². The van der Waals surface area contributed by atoms with Crippen molar-refractivity contribution in [3.63, 3.8) is 0 Å². The highest BCUT2D eigenvalue weighted by Gasteiger charge is 2.12. The van der Waals surface area contributed by atoms with Gasteiger partial charge < -0.3 is 0 Å². The second kappa shape index (κ2) is 10.8. The first-order chi connectivity index (χ1) is 8.29. The van der Waals surface area contributed by atoms with E-state index in [0.717, 1.165) is 30.1 Å². The molecule has 0 radical (unpaired) electrons. The van der Waals surface area contributed by atoms with Crippen LogP contribution in [0.4, 0.5) is 0 Å². The summed E-state index contributed by atoms with van der Waals surface area (Å²) in [5.74, 6) is 0. The zero-order valence-corrected chi connectivity index (χ0v) is 15.7. The fourth-order valence-corrected chi connectivity index (χ4v) is 3.37. The van der Waals surface area contributed by atoms with E-state index >= 15 is 0 Å². The molecule has 0 aliphatic carbocycles. The van der Waals surface area contributed by atoms with Crippen molar-refractivity contribution in [1.82, 2.24) is 0 Å². The summed E-state index contributed by atoms with van der Waals surface area (Å²) in [4.78, 5) is 16.7. The maximum absolute atomic E-state index is 8.35. The van der Waals surface area contributed by atoms with Gasteiger partial charge in [-0.2, -0.15) is 0 Å². The van der Waals surface area contributed by atoms with E-state index in [-0.39, 0.29) is 0 Å². The summed E-state index contributed by atoms with van der Waals surface area (Å²) in [6.45, 7) is 4.12. The second-order valence-corrected chi connectivity index (χ2v) is 5.88. The van der Waals surface area contributed by atoms with Crippen LogP contribution in [0.3, 0.4) is 0 Å². The van der Waals surface area contributed by atoms with Crippen molar-refractivity contribution < 1.29 is 9.59 Å². The van der Waals surface area contributed by atoms with E-state index in [1.807, 2.05) is 0 Å². The van der Waals surface area contributed by atoms with Gasteiger partial charge in [0.25, 0.3) is 0 Å². The normalized spacial score (nSPS) is 7.89. The van der Waals surface area contributed by atoms with Crippen LogP contribution in [0.2, 0.25) is 0 Å². The molecule has 18 heavy (non-hydrogen) atoms. The average molecular weight is 508 g/mol. The Balaban J connectivity index is 0. The van der Waals surface area contributed by atoms with Gasteiger partial charge in [0, 0.05) is 17.9 Å². The molecule has 2 N–H and O–H groups in total. The summed E-state index contributed by atoms with van der Waals surface area (Å²) in [7, 11) is 0. The van der Waals surface area contributed by atoms with Crippen LogP contribution in [0.25, 0.3) is 0 Å². The SMILES string of the molecule is Cc1c(Br)c(Br)c(C)c(Br)c1Br.N=C=O.N=C=O. The minimum absolute atomic E-state index is 0.750. The van der Waals surface area contributed by atoms with E-state index in [1.54, 1.807) is 0 Å². The van der Waals surface area contributed by atoms with Crippen molar-refractivity contribution in [2.45, 2.75) is 13.8 Å². The summed E-state index contributed by atoms with van der Waals surface area (Å²) >= 11 is 14.1. The number of benzene rings is 1. The highest BCUT2D eigenvalue weighted by molar-refractivity contribution is 9.14. The molecule has 4 nitrogen and oxygen atoms in total. The number of nitrogens with one attached hydrogen (secondary N) is 2. The van der Waals surface area contributed by atoms with Gasteiger partial charge in [-0.25, -0.2) is 20.4 Å². The molecule has 1 rings (SSSR count). The van der Waals surface area contributed by atoms with Gasteiger partial charge in [-0.15, -0.1) is 0 Å². The molecule has 0 saturated heterocycles. The van der Waals surface area contributed by atoms with E-state index in [9.17, 15) is 0 Å². The molecular weight excluding hydrogens is 500 g/mol. The molecule has 1 aromatic carbocycles. The van der Waals surface area contributed by atoms with E-state index in [4.69, 9.17) is 20.4 Å². The van der Waals surface area contributed by atoms with Gasteiger partial charge in [-0.3, -0.25) is 0 Å². The number of halogens is 4. The van der Waals surface area contributed by atoms with Crippen molar-refractivity contribution >= 4 is 75.9 Å². The van der Waals surface area contributed by atoms with Gasteiger partial charge >= 0.3 is 0 Å². The Kier molecular flexibility index (Phi) is 12.1. The third-order valence-electron chi connectivity index (χ3n) is 1.70. The van der Waals surface area contributed by atoms with Gasteiger partial charge in [0.05, 0.1) is 0 Å². The summed E-state index contributed by atoms with van der Waals surface area (Å²) in [6.07, 6.45) is 1.50. The molecule has 1 aromatic rings. The lowest BCUT2D eigenvalue weighted by molar-refractivity contribution is 0.562. The Morgan fingerprint density at radius 2 is 0.833 bits per heavy atom. The quantitative estimate of drug-likeness (QED) is 0.289. The van der Waals surface area contributed by atoms with E-state index in [1.165, 1.54) is 11.1 Å². The monoisotopic (exact) mass is 504 g/mol. The summed E-state index contributed by atoms with van der Waals surface area (Å²) in [5.41, 5.74) is 2.39. The molecule has 0 unspecified atom stereocenters. The predicted octanol–water partition coefficient (Wildman–Crippen LogP) is 5.16. The van der Waals surface area contributed by atoms with E-state index < -0.39 is 0 Å². The largest absolute Gasteiger partial charge is 0.231 e. The van der Waals surface area contributed by atoms with Crippen LogP contribution in [0.5, 0.6) is 0 Å². The van der Waals surface area contributed by atoms with Crippen LogP contribution < -0.4 is 0 Å². The molecule has 0 heterocycles. The van der Waals surface area contributed by atoms with Crippen LogP contribution in [-0.2, 0) is 9.59 Å². The lowest BCUT2D eigenvalue weighted by Crippen LogP contribution is -1.87. The Morgan fingerprint density at radius 3 is 0.944 bits per heavy atom. The van der Waals surface area contributed by atoms with Crippen LogP contribution in [-0.4, -0.2) is 12.2 Å². The summed E-state index contributed by atoms with van der Waals surface area (Å²) in [5, 5.41) is 10.8. The Bertz CT molecular complexity index is 374. The number of carbonyl (C=O) groups excluding carboxylic acids is 2. The standard InChI is InChI=1S/C8H6Br4.2CHNO/c1-3-5(9)7(11)4(2)8(12)6(3)10;2*2-1-3/h1-2H3;2*2H. The highest BCUT2D eigenvalue weighted by atomic mass is 79.9. The second-order valence-electron chi connectivity index (χ2n) is 2.71. The van der Waals surface area contributed by atoms with Crippen molar-refractivity contribution in [2.75, 3.05) is 0 Å². The fourth-order valence-electron chi connectivity index (χ4n) is 0.851. The first-order valence-electron chi connectivity index (χ1n) is 4.16. The summed E-state index contributed by atoms with van der Waals surface area (Å²) in [6, 6.07) is 0. The molecule has 0 atom stereocenters. The fraction of sp³-hybridized carbons (Fsp3) is 0.200. The molecule has 0 fully saturated rings. The Labute approximate surface area is 138 Å². The summed E-state index contributed by atoms with van der Waals surface area (Å²) < 4.78 is 4.43. The minimum atomic E-state index is 0.750. The molecule has 0 amide bonds. The maximum atomic E-state index is 8.35. The third kappa shape index (κ3) is 6.18. The number of rotatable bonds is 0. The Hall–Kier alpha value is -0.100. The molecule has 0 aromatic heterocycles. The number of hydrogen-bond acceptors (Lipinski definition) is 4. The predicted molar refractivity (Wildman–Crippen MR) is 83.5 cm³/mol. The lowest BCUT2D eigenvalue weighted by Gasteiger charge is -2.10. The lowest BCUT2D eigenvalue weighted by atomic mass is 10.2.